The van der Waals surface area contributed by atoms with E-state index in [0.29, 0.717) is 0 Å². The van der Waals surface area contributed by atoms with Crippen LogP contribution in [0.5, 0.6) is 0 Å². The molecule has 0 saturated carbocycles. The van der Waals surface area contributed by atoms with Gasteiger partial charge in [-0.25, -0.2) is 4.98 Å². The van der Waals surface area contributed by atoms with Gasteiger partial charge < -0.3 is 10.3 Å². The van der Waals surface area contributed by atoms with Gasteiger partial charge in [-0.15, -0.1) is 0 Å². The number of hydrogen-bond donors (Lipinski definition) is 1. The Hall–Kier alpha value is -2.10. The van der Waals surface area contributed by atoms with Gasteiger partial charge in [-0.3, -0.25) is 4.79 Å². The van der Waals surface area contributed by atoms with Crippen LogP contribution < -0.4 is 5.73 Å². The SMILES string of the molecule is Cc1ccccc1-n1cnc(C(N)=O)c1. The molecule has 0 aliphatic carbocycles. The lowest BCUT2D eigenvalue weighted by atomic mass is 10.2. The summed E-state index contributed by atoms with van der Waals surface area (Å²) in [6.07, 6.45) is 3.22. The van der Waals surface area contributed by atoms with Crippen LogP contribution in [0, 0.1) is 6.92 Å². The molecule has 0 bridgehead atoms. The monoisotopic (exact) mass is 201 g/mol. The maximum absolute atomic E-state index is 10.9. The van der Waals surface area contributed by atoms with Gasteiger partial charge in [-0.2, -0.15) is 0 Å². The van der Waals surface area contributed by atoms with Gasteiger partial charge in [-0.1, -0.05) is 18.2 Å². The molecule has 4 nitrogen and oxygen atoms in total. The molecule has 0 aliphatic heterocycles. The fourth-order valence-electron chi connectivity index (χ4n) is 1.43. The highest BCUT2D eigenvalue weighted by Crippen LogP contribution is 2.13. The van der Waals surface area contributed by atoms with E-state index in [4.69, 9.17) is 5.73 Å². The Labute approximate surface area is 87.4 Å². The van der Waals surface area contributed by atoms with Gasteiger partial charge in [-0.05, 0) is 18.6 Å². The van der Waals surface area contributed by atoms with Crippen molar-refractivity contribution in [2.75, 3.05) is 0 Å². The molecule has 1 amide bonds. The van der Waals surface area contributed by atoms with Crippen molar-refractivity contribution in [3.8, 4) is 5.69 Å². The summed E-state index contributed by atoms with van der Waals surface area (Å²) < 4.78 is 1.79. The summed E-state index contributed by atoms with van der Waals surface area (Å²) in [5.41, 5.74) is 7.52. The van der Waals surface area contributed by atoms with E-state index in [9.17, 15) is 4.79 Å². The predicted octanol–water partition coefficient (Wildman–Crippen LogP) is 1.28. The Kier molecular flexibility index (Phi) is 2.25. The Bertz CT molecular complexity index is 502. The molecule has 4 heteroatoms. The Morgan fingerprint density at radius 1 is 1.40 bits per heavy atom. The van der Waals surface area contributed by atoms with E-state index in [0.717, 1.165) is 11.3 Å². The minimum Gasteiger partial charge on any atom is -0.364 e. The molecule has 0 atom stereocenters. The number of amides is 1. The summed E-state index contributed by atoms with van der Waals surface area (Å²) in [7, 11) is 0. The van der Waals surface area contributed by atoms with E-state index in [1.165, 1.54) is 0 Å². The molecule has 1 aromatic heterocycles. The zero-order chi connectivity index (χ0) is 10.8. The molecule has 0 saturated heterocycles. The quantitative estimate of drug-likeness (QED) is 0.795. The van der Waals surface area contributed by atoms with Crippen molar-refractivity contribution in [2.24, 2.45) is 5.73 Å². The first-order chi connectivity index (χ1) is 7.18. The van der Waals surface area contributed by atoms with Crippen LogP contribution in [-0.2, 0) is 0 Å². The van der Waals surface area contributed by atoms with Crippen LogP contribution >= 0.6 is 0 Å². The van der Waals surface area contributed by atoms with Gasteiger partial charge in [0, 0.05) is 11.9 Å². The van der Waals surface area contributed by atoms with Crippen molar-refractivity contribution >= 4 is 5.91 Å². The summed E-state index contributed by atoms with van der Waals surface area (Å²) in [5.74, 6) is -0.512. The normalized spacial score (nSPS) is 10.2. The molecular weight excluding hydrogens is 190 g/mol. The van der Waals surface area contributed by atoms with E-state index in [1.54, 1.807) is 17.1 Å². The summed E-state index contributed by atoms with van der Waals surface area (Å²) >= 11 is 0. The number of carbonyl (C=O) groups is 1. The van der Waals surface area contributed by atoms with E-state index < -0.39 is 5.91 Å². The van der Waals surface area contributed by atoms with Crippen LogP contribution in [-0.4, -0.2) is 15.5 Å². The Morgan fingerprint density at radius 2 is 2.13 bits per heavy atom. The molecule has 1 heterocycles. The van der Waals surface area contributed by atoms with Crippen LogP contribution in [0.15, 0.2) is 36.8 Å². The van der Waals surface area contributed by atoms with E-state index in [2.05, 4.69) is 4.98 Å². The maximum atomic E-state index is 10.9. The molecule has 15 heavy (non-hydrogen) atoms. The van der Waals surface area contributed by atoms with Gasteiger partial charge >= 0.3 is 0 Å². The molecule has 1 aromatic carbocycles. The smallest absolute Gasteiger partial charge is 0.268 e. The highest BCUT2D eigenvalue weighted by molar-refractivity contribution is 5.90. The highest BCUT2D eigenvalue weighted by atomic mass is 16.1. The summed E-state index contributed by atoms with van der Waals surface area (Å²) in [6.45, 7) is 2.00. The number of hydrogen-bond acceptors (Lipinski definition) is 2. The lowest BCUT2D eigenvalue weighted by Gasteiger charge is -2.04. The van der Waals surface area contributed by atoms with Crippen LogP contribution in [0.4, 0.5) is 0 Å². The number of benzene rings is 1. The first-order valence-corrected chi connectivity index (χ1v) is 4.58. The second kappa shape index (κ2) is 3.57. The van der Waals surface area contributed by atoms with Crippen molar-refractivity contribution < 1.29 is 4.79 Å². The van der Waals surface area contributed by atoms with Gasteiger partial charge in [0.2, 0.25) is 0 Å². The number of imidazole rings is 1. The minimum absolute atomic E-state index is 0.276. The third-order valence-corrected chi connectivity index (χ3v) is 2.23. The maximum Gasteiger partial charge on any atom is 0.268 e. The molecular formula is C11H11N3O. The van der Waals surface area contributed by atoms with Crippen LogP contribution in [0.25, 0.3) is 5.69 Å². The van der Waals surface area contributed by atoms with E-state index in [-0.39, 0.29) is 5.69 Å². The molecule has 2 rings (SSSR count). The average Bonchev–Trinajstić information content (AvgIpc) is 2.67. The average molecular weight is 201 g/mol. The molecule has 2 N–H and O–H groups in total. The number of carbonyl (C=O) groups excluding carboxylic acids is 1. The first kappa shape index (κ1) is 9.45. The summed E-state index contributed by atoms with van der Waals surface area (Å²) in [6, 6.07) is 7.86. The molecule has 0 fully saturated rings. The Morgan fingerprint density at radius 3 is 2.73 bits per heavy atom. The fourth-order valence-corrected chi connectivity index (χ4v) is 1.43. The number of nitrogens with two attached hydrogens (primary N) is 1. The van der Waals surface area contributed by atoms with E-state index >= 15 is 0 Å². The highest BCUT2D eigenvalue weighted by Gasteiger charge is 2.06. The van der Waals surface area contributed by atoms with Crippen molar-refractivity contribution in [1.82, 2.24) is 9.55 Å². The first-order valence-electron chi connectivity index (χ1n) is 4.58. The van der Waals surface area contributed by atoms with Crippen LogP contribution in [0.2, 0.25) is 0 Å². The molecule has 0 radical (unpaired) electrons. The standard InChI is InChI=1S/C11H11N3O/c1-8-4-2-3-5-10(8)14-6-9(11(12)15)13-7-14/h2-7H,1H3,(H2,12,15). The van der Waals surface area contributed by atoms with Crippen molar-refractivity contribution in [3.63, 3.8) is 0 Å². The number of rotatable bonds is 2. The van der Waals surface area contributed by atoms with Crippen molar-refractivity contribution in [3.05, 3.63) is 48.0 Å². The van der Waals surface area contributed by atoms with Gasteiger partial charge in [0.05, 0.1) is 0 Å². The second-order valence-corrected chi connectivity index (χ2v) is 3.32. The third kappa shape index (κ3) is 1.74. The molecule has 0 unspecified atom stereocenters. The lowest BCUT2D eigenvalue weighted by molar-refractivity contribution is 0.0996. The zero-order valence-corrected chi connectivity index (χ0v) is 8.34. The third-order valence-electron chi connectivity index (χ3n) is 2.23. The molecule has 0 spiro atoms. The fraction of sp³-hybridized carbons (Fsp3) is 0.0909. The van der Waals surface area contributed by atoms with Gasteiger partial charge in [0.15, 0.2) is 0 Å². The number of primary amides is 1. The number of para-hydroxylation sites is 1. The van der Waals surface area contributed by atoms with Crippen LogP contribution in [0.1, 0.15) is 16.1 Å². The minimum atomic E-state index is -0.512. The molecule has 76 valence electrons. The second-order valence-electron chi connectivity index (χ2n) is 3.32. The number of aryl methyl sites for hydroxylation is 1. The van der Waals surface area contributed by atoms with E-state index in [1.807, 2.05) is 31.2 Å². The summed E-state index contributed by atoms with van der Waals surface area (Å²) in [5, 5.41) is 0. The number of aromatic nitrogens is 2. The Balaban J connectivity index is 2.46. The zero-order valence-electron chi connectivity index (χ0n) is 8.34. The van der Waals surface area contributed by atoms with Gasteiger partial charge in [0.1, 0.15) is 12.0 Å². The van der Waals surface area contributed by atoms with Crippen LogP contribution in [0.3, 0.4) is 0 Å². The number of nitrogens with zero attached hydrogens (tertiary/aromatic N) is 2. The largest absolute Gasteiger partial charge is 0.364 e. The molecule has 0 aliphatic rings. The molecule has 2 aromatic rings. The van der Waals surface area contributed by atoms with Crippen molar-refractivity contribution in [2.45, 2.75) is 6.92 Å². The van der Waals surface area contributed by atoms with Crippen molar-refractivity contribution in [1.29, 1.82) is 0 Å². The lowest BCUT2D eigenvalue weighted by Crippen LogP contribution is -2.11. The summed E-state index contributed by atoms with van der Waals surface area (Å²) in [4.78, 5) is 14.8. The topological polar surface area (TPSA) is 60.9 Å². The predicted molar refractivity (Wildman–Crippen MR) is 56.8 cm³/mol. The van der Waals surface area contributed by atoms with Gasteiger partial charge in [0.25, 0.3) is 5.91 Å².